The number of hydrogen-bond donors (Lipinski definition) is 2. The van der Waals surface area contributed by atoms with E-state index in [1.54, 1.807) is 0 Å². The zero-order valence-corrected chi connectivity index (χ0v) is 11.9. The van der Waals surface area contributed by atoms with Gasteiger partial charge in [-0.3, -0.25) is 5.84 Å². The molecule has 0 radical (unpaired) electrons. The fraction of sp³-hybridized carbons (Fsp3) is 0.176. The van der Waals surface area contributed by atoms with Gasteiger partial charge in [0.25, 0.3) is 0 Å². The number of benzene rings is 2. The summed E-state index contributed by atoms with van der Waals surface area (Å²) in [5, 5.41) is 1.06. The second-order valence-electron chi connectivity index (χ2n) is 4.79. The Morgan fingerprint density at radius 1 is 1.14 bits per heavy atom. The minimum absolute atomic E-state index is 0.210. The average molecular weight is 282 g/mol. The Morgan fingerprint density at radius 3 is 2.76 bits per heavy atom. The summed E-state index contributed by atoms with van der Waals surface area (Å²) in [4.78, 5) is 0. The Bertz CT molecular complexity index is 703. The number of rotatable bonds is 5. The van der Waals surface area contributed by atoms with Crippen molar-refractivity contribution in [2.75, 3.05) is 6.61 Å². The number of nitrogens with one attached hydrogen (secondary N) is 1. The van der Waals surface area contributed by atoms with Gasteiger partial charge in [0.15, 0.2) is 0 Å². The summed E-state index contributed by atoms with van der Waals surface area (Å²) in [7, 11) is 0. The van der Waals surface area contributed by atoms with Gasteiger partial charge in [0.1, 0.15) is 23.1 Å². The minimum Gasteiger partial charge on any atom is -0.494 e. The summed E-state index contributed by atoms with van der Waals surface area (Å²) in [6.45, 7) is 2.60. The van der Waals surface area contributed by atoms with Gasteiger partial charge >= 0.3 is 0 Å². The van der Waals surface area contributed by atoms with Crippen molar-refractivity contribution in [1.29, 1.82) is 0 Å². The van der Waals surface area contributed by atoms with Crippen LogP contribution in [0.1, 0.15) is 24.3 Å². The molecule has 1 atom stereocenters. The van der Waals surface area contributed by atoms with Crippen LogP contribution < -0.4 is 16.0 Å². The first-order chi connectivity index (χ1) is 10.3. The summed E-state index contributed by atoms with van der Waals surface area (Å²) in [6.07, 6.45) is 0. The fourth-order valence-corrected chi connectivity index (χ4v) is 2.44. The number of fused-ring (bicyclic) bond motifs is 1. The molecule has 0 aliphatic heterocycles. The maximum Gasteiger partial charge on any atom is 0.134 e. The van der Waals surface area contributed by atoms with Crippen molar-refractivity contribution in [1.82, 2.24) is 5.43 Å². The highest BCUT2D eigenvalue weighted by atomic mass is 16.5. The van der Waals surface area contributed by atoms with Crippen LogP contribution in [0.3, 0.4) is 0 Å². The SMILES string of the molecule is CCOc1cccc(C(NN)c2cc3ccccc3o2)c1. The normalized spacial score (nSPS) is 12.5. The van der Waals surface area contributed by atoms with E-state index in [0.717, 1.165) is 28.0 Å². The van der Waals surface area contributed by atoms with Crippen molar-refractivity contribution in [3.8, 4) is 5.75 Å². The Morgan fingerprint density at radius 2 is 2.00 bits per heavy atom. The summed E-state index contributed by atoms with van der Waals surface area (Å²) < 4.78 is 11.4. The van der Waals surface area contributed by atoms with Gasteiger partial charge in [0, 0.05) is 5.39 Å². The maximum absolute atomic E-state index is 5.89. The Balaban J connectivity index is 1.99. The summed E-state index contributed by atoms with van der Waals surface area (Å²) in [6, 6.07) is 17.6. The van der Waals surface area contributed by atoms with Crippen molar-refractivity contribution in [2.45, 2.75) is 13.0 Å². The number of hydrogen-bond acceptors (Lipinski definition) is 4. The highest BCUT2D eigenvalue weighted by Crippen LogP contribution is 2.29. The number of furan rings is 1. The van der Waals surface area contributed by atoms with Crippen LogP contribution >= 0.6 is 0 Å². The van der Waals surface area contributed by atoms with Crippen LogP contribution in [0.2, 0.25) is 0 Å². The third-order valence-corrected chi connectivity index (χ3v) is 3.40. The summed E-state index contributed by atoms with van der Waals surface area (Å²) in [5.41, 5.74) is 4.67. The molecule has 0 saturated carbocycles. The second-order valence-corrected chi connectivity index (χ2v) is 4.79. The van der Waals surface area contributed by atoms with Gasteiger partial charge in [0.2, 0.25) is 0 Å². The minimum atomic E-state index is -0.210. The maximum atomic E-state index is 5.89. The molecule has 0 aliphatic rings. The van der Waals surface area contributed by atoms with E-state index in [2.05, 4.69) is 5.43 Å². The lowest BCUT2D eigenvalue weighted by Crippen LogP contribution is -2.28. The molecule has 1 heterocycles. The van der Waals surface area contributed by atoms with Crippen LogP contribution in [0.4, 0.5) is 0 Å². The molecular weight excluding hydrogens is 264 g/mol. The topological polar surface area (TPSA) is 60.4 Å². The molecule has 0 amide bonds. The van der Waals surface area contributed by atoms with E-state index in [9.17, 15) is 0 Å². The fourth-order valence-electron chi connectivity index (χ4n) is 2.44. The van der Waals surface area contributed by atoms with Crippen LogP contribution in [0, 0.1) is 0 Å². The molecule has 4 heteroatoms. The van der Waals surface area contributed by atoms with E-state index in [0.29, 0.717) is 6.61 Å². The molecule has 3 N–H and O–H groups in total. The van der Waals surface area contributed by atoms with Gasteiger partial charge in [-0.15, -0.1) is 0 Å². The molecule has 3 rings (SSSR count). The van der Waals surface area contributed by atoms with Crippen LogP contribution in [0.25, 0.3) is 11.0 Å². The van der Waals surface area contributed by atoms with E-state index >= 15 is 0 Å². The van der Waals surface area contributed by atoms with Crippen LogP contribution in [-0.4, -0.2) is 6.61 Å². The van der Waals surface area contributed by atoms with E-state index in [1.807, 2.05) is 61.5 Å². The molecule has 21 heavy (non-hydrogen) atoms. The predicted octanol–water partition coefficient (Wildman–Crippen LogP) is 3.38. The quantitative estimate of drug-likeness (QED) is 0.556. The largest absolute Gasteiger partial charge is 0.494 e. The van der Waals surface area contributed by atoms with Gasteiger partial charge in [-0.2, -0.15) is 0 Å². The van der Waals surface area contributed by atoms with Gasteiger partial charge in [-0.1, -0.05) is 30.3 Å². The molecule has 1 unspecified atom stereocenters. The van der Waals surface area contributed by atoms with Gasteiger partial charge in [-0.05, 0) is 36.8 Å². The summed E-state index contributed by atoms with van der Waals surface area (Å²) >= 11 is 0. The standard InChI is InChI=1S/C17H18N2O2/c1-2-20-14-8-5-7-13(10-14)17(19-18)16-11-12-6-3-4-9-15(12)21-16/h3-11,17,19H,2,18H2,1H3. The first-order valence-corrected chi connectivity index (χ1v) is 6.99. The number of nitrogens with two attached hydrogens (primary N) is 1. The molecule has 1 aromatic heterocycles. The van der Waals surface area contributed by atoms with Crippen molar-refractivity contribution in [3.63, 3.8) is 0 Å². The molecule has 108 valence electrons. The molecule has 3 aromatic rings. The van der Waals surface area contributed by atoms with Gasteiger partial charge < -0.3 is 9.15 Å². The third kappa shape index (κ3) is 2.77. The molecular formula is C17H18N2O2. The molecule has 2 aromatic carbocycles. The molecule has 0 aliphatic carbocycles. The van der Waals surface area contributed by atoms with Gasteiger partial charge in [-0.25, -0.2) is 5.43 Å². The number of ether oxygens (including phenoxy) is 1. The smallest absolute Gasteiger partial charge is 0.134 e. The molecule has 0 bridgehead atoms. The lowest BCUT2D eigenvalue weighted by Gasteiger charge is -2.15. The molecule has 4 nitrogen and oxygen atoms in total. The highest BCUT2D eigenvalue weighted by Gasteiger charge is 2.17. The molecule has 0 saturated heterocycles. The predicted molar refractivity (Wildman–Crippen MR) is 83.0 cm³/mol. The van der Waals surface area contributed by atoms with Gasteiger partial charge in [0.05, 0.1) is 6.61 Å². The first kappa shape index (κ1) is 13.7. The van der Waals surface area contributed by atoms with Crippen molar-refractivity contribution >= 4 is 11.0 Å². The highest BCUT2D eigenvalue weighted by molar-refractivity contribution is 5.78. The Kier molecular flexibility index (Phi) is 3.90. The van der Waals surface area contributed by atoms with Crippen LogP contribution in [0.5, 0.6) is 5.75 Å². The number of para-hydroxylation sites is 1. The average Bonchev–Trinajstić information content (AvgIpc) is 2.92. The monoisotopic (exact) mass is 282 g/mol. The molecule has 0 fully saturated rings. The van der Waals surface area contributed by atoms with Crippen LogP contribution in [0.15, 0.2) is 59.0 Å². The van der Waals surface area contributed by atoms with Crippen molar-refractivity contribution in [2.24, 2.45) is 5.84 Å². The lowest BCUT2D eigenvalue weighted by atomic mass is 10.0. The van der Waals surface area contributed by atoms with Crippen molar-refractivity contribution < 1.29 is 9.15 Å². The zero-order valence-electron chi connectivity index (χ0n) is 11.9. The Labute approximate surface area is 123 Å². The van der Waals surface area contributed by atoms with E-state index in [-0.39, 0.29) is 6.04 Å². The zero-order chi connectivity index (χ0) is 14.7. The molecule has 0 spiro atoms. The lowest BCUT2D eigenvalue weighted by molar-refractivity contribution is 0.339. The second kappa shape index (κ2) is 5.99. The van der Waals surface area contributed by atoms with E-state index < -0.39 is 0 Å². The Hall–Kier alpha value is -2.30. The first-order valence-electron chi connectivity index (χ1n) is 6.99. The van der Waals surface area contributed by atoms with E-state index in [1.165, 1.54) is 0 Å². The summed E-state index contributed by atoms with van der Waals surface area (Å²) in [5.74, 6) is 7.34. The number of hydrazine groups is 1. The van der Waals surface area contributed by atoms with Crippen molar-refractivity contribution in [3.05, 3.63) is 65.9 Å². The van der Waals surface area contributed by atoms with Crippen LogP contribution in [-0.2, 0) is 0 Å². The third-order valence-electron chi connectivity index (χ3n) is 3.40. The van der Waals surface area contributed by atoms with E-state index in [4.69, 9.17) is 15.0 Å².